The van der Waals surface area contributed by atoms with Crippen molar-refractivity contribution in [1.82, 2.24) is 4.90 Å². The average molecular weight is 153 g/mol. The van der Waals surface area contributed by atoms with E-state index < -0.39 is 0 Å². The lowest BCUT2D eigenvalue weighted by atomic mass is 10.2. The van der Waals surface area contributed by atoms with E-state index in [0.717, 1.165) is 12.7 Å². The zero-order chi connectivity index (χ0) is 8.27. The molecular weight excluding hydrogens is 142 g/mol. The van der Waals surface area contributed by atoms with Gasteiger partial charge in [-0.25, -0.2) is 0 Å². The molecule has 1 rings (SSSR count). The molecule has 1 atom stereocenters. The quantitative estimate of drug-likeness (QED) is 0.433. The highest BCUT2D eigenvalue weighted by molar-refractivity contribution is 5.81. The lowest BCUT2D eigenvalue weighted by molar-refractivity contribution is -0.130. The predicted octanol–water partition coefficient (Wildman–Crippen LogP) is 0.362. The molecule has 1 amide bonds. The zero-order valence-corrected chi connectivity index (χ0v) is 6.32. The van der Waals surface area contributed by atoms with E-state index in [1.165, 1.54) is 0 Å². The Labute approximate surface area is 65.7 Å². The van der Waals surface area contributed by atoms with Crippen molar-refractivity contribution in [2.24, 2.45) is 0 Å². The van der Waals surface area contributed by atoms with Crippen LogP contribution in [-0.2, 0) is 9.59 Å². The lowest BCUT2D eigenvalue weighted by Crippen LogP contribution is -2.33. The highest BCUT2D eigenvalue weighted by Crippen LogP contribution is 2.17. The average Bonchev–Trinajstić information content (AvgIpc) is 2.34. The maximum atomic E-state index is 11.1. The van der Waals surface area contributed by atoms with Crippen molar-refractivity contribution < 1.29 is 9.59 Å². The number of hydrogen-bond acceptors (Lipinski definition) is 2. The molecule has 0 radical (unpaired) electrons. The SMILES string of the molecule is C=C[C@@H]1CCC(=O)N1CC=O. The van der Waals surface area contributed by atoms with E-state index in [4.69, 9.17) is 0 Å². The number of rotatable bonds is 3. The van der Waals surface area contributed by atoms with Gasteiger partial charge in [0.2, 0.25) is 5.91 Å². The molecule has 3 heteroatoms. The third-order valence-corrected chi connectivity index (χ3v) is 1.92. The van der Waals surface area contributed by atoms with Crippen LogP contribution in [0.25, 0.3) is 0 Å². The van der Waals surface area contributed by atoms with Crippen LogP contribution in [0, 0.1) is 0 Å². The molecule has 0 bridgehead atoms. The van der Waals surface area contributed by atoms with Crippen molar-refractivity contribution in [3.63, 3.8) is 0 Å². The Morgan fingerprint density at radius 3 is 3.00 bits per heavy atom. The number of nitrogens with zero attached hydrogens (tertiary/aromatic N) is 1. The topological polar surface area (TPSA) is 37.4 Å². The van der Waals surface area contributed by atoms with Crippen LogP contribution in [0.4, 0.5) is 0 Å². The van der Waals surface area contributed by atoms with Crippen LogP contribution in [0.3, 0.4) is 0 Å². The minimum Gasteiger partial charge on any atom is -0.329 e. The van der Waals surface area contributed by atoms with E-state index >= 15 is 0 Å². The maximum absolute atomic E-state index is 11.1. The van der Waals surface area contributed by atoms with E-state index in [1.807, 2.05) is 0 Å². The summed E-state index contributed by atoms with van der Waals surface area (Å²) in [5, 5.41) is 0. The van der Waals surface area contributed by atoms with Crippen LogP contribution in [0.5, 0.6) is 0 Å². The molecule has 0 saturated carbocycles. The summed E-state index contributed by atoms with van der Waals surface area (Å²) in [6, 6.07) is 0.0766. The van der Waals surface area contributed by atoms with Gasteiger partial charge in [-0.3, -0.25) is 4.79 Å². The van der Waals surface area contributed by atoms with Crippen molar-refractivity contribution >= 4 is 12.2 Å². The molecule has 0 N–H and O–H groups in total. The van der Waals surface area contributed by atoms with Crippen LogP contribution in [-0.4, -0.2) is 29.7 Å². The lowest BCUT2D eigenvalue weighted by Gasteiger charge is -2.18. The first-order valence-corrected chi connectivity index (χ1v) is 3.65. The summed E-state index contributed by atoms with van der Waals surface area (Å²) in [6.07, 6.45) is 3.81. The highest BCUT2D eigenvalue weighted by Gasteiger charge is 2.27. The van der Waals surface area contributed by atoms with E-state index in [9.17, 15) is 9.59 Å². The van der Waals surface area contributed by atoms with Crippen LogP contribution < -0.4 is 0 Å². The second kappa shape index (κ2) is 3.32. The van der Waals surface area contributed by atoms with Crippen molar-refractivity contribution in [3.05, 3.63) is 12.7 Å². The Kier molecular flexibility index (Phi) is 2.41. The Morgan fingerprint density at radius 2 is 2.45 bits per heavy atom. The third kappa shape index (κ3) is 1.48. The van der Waals surface area contributed by atoms with Gasteiger partial charge in [0, 0.05) is 6.42 Å². The highest BCUT2D eigenvalue weighted by atomic mass is 16.2. The van der Waals surface area contributed by atoms with Crippen LogP contribution in [0.2, 0.25) is 0 Å². The first-order chi connectivity index (χ1) is 5.29. The molecule has 0 spiro atoms. The maximum Gasteiger partial charge on any atom is 0.223 e. The van der Waals surface area contributed by atoms with Crippen LogP contribution in [0.15, 0.2) is 12.7 Å². The van der Waals surface area contributed by atoms with E-state index in [-0.39, 0.29) is 18.5 Å². The summed E-state index contributed by atoms with van der Waals surface area (Å²) >= 11 is 0. The summed E-state index contributed by atoms with van der Waals surface area (Å²) < 4.78 is 0. The molecule has 1 saturated heterocycles. The van der Waals surface area contributed by atoms with Gasteiger partial charge in [-0.15, -0.1) is 6.58 Å². The first-order valence-electron chi connectivity index (χ1n) is 3.65. The third-order valence-electron chi connectivity index (χ3n) is 1.92. The minimum atomic E-state index is 0.0574. The smallest absolute Gasteiger partial charge is 0.223 e. The van der Waals surface area contributed by atoms with Gasteiger partial charge in [0.25, 0.3) is 0 Å². The zero-order valence-electron chi connectivity index (χ0n) is 6.32. The Bertz CT molecular complexity index is 189. The van der Waals surface area contributed by atoms with Crippen molar-refractivity contribution in [3.8, 4) is 0 Å². The molecule has 1 aliphatic rings. The Hall–Kier alpha value is -1.12. The summed E-state index contributed by atoms with van der Waals surface area (Å²) in [6.45, 7) is 3.80. The van der Waals surface area contributed by atoms with Gasteiger partial charge < -0.3 is 9.69 Å². The number of hydrogen-bond donors (Lipinski definition) is 0. The summed E-state index contributed by atoms with van der Waals surface area (Å²) in [5.41, 5.74) is 0. The van der Waals surface area contributed by atoms with Gasteiger partial charge in [-0.1, -0.05) is 6.08 Å². The number of carbonyl (C=O) groups excluding carboxylic acids is 2. The van der Waals surface area contributed by atoms with Crippen molar-refractivity contribution in [1.29, 1.82) is 0 Å². The summed E-state index contributed by atoms with van der Waals surface area (Å²) in [7, 11) is 0. The van der Waals surface area contributed by atoms with Gasteiger partial charge in [0.1, 0.15) is 6.29 Å². The van der Waals surface area contributed by atoms with Gasteiger partial charge in [0.15, 0.2) is 0 Å². The number of carbonyl (C=O) groups is 2. The molecule has 3 nitrogen and oxygen atoms in total. The number of amides is 1. The largest absolute Gasteiger partial charge is 0.329 e. The molecule has 60 valence electrons. The Morgan fingerprint density at radius 1 is 1.73 bits per heavy atom. The molecule has 0 aromatic carbocycles. The monoisotopic (exact) mass is 153 g/mol. The molecule has 1 fully saturated rings. The molecule has 0 aromatic rings. The van der Waals surface area contributed by atoms with Crippen molar-refractivity contribution in [2.75, 3.05) is 6.54 Å². The van der Waals surface area contributed by atoms with Gasteiger partial charge in [-0.05, 0) is 6.42 Å². The van der Waals surface area contributed by atoms with E-state index in [2.05, 4.69) is 6.58 Å². The van der Waals surface area contributed by atoms with Crippen LogP contribution in [0.1, 0.15) is 12.8 Å². The minimum absolute atomic E-state index is 0.0574. The second-order valence-electron chi connectivity index (χ2n) is 2.55. The molecular formula is C8H11NO2. The molecule has 1 aliphatic heterocycles. The summed E-state index contributed by atoms with van der Waals surface area (Å²) in [5.74, 6) is 0.0574. The van der Waals surface area contributed by atoms with E-state index in [0.29, 0.717) is 6.42 Å². The normalized spacial score (nSPS) is 23.8. The Balaban J connectivity index is 2.62. The standard InChI is InChI=1S/C8H11NO2/c1-2-7-3-4-8(11)9(7)5-6-10/h2,6-7H,1,3-5H2/t7-/m1/s1. The number of aldehydes is 1. The van der Waals surface area contributed by atoms with Crippen molar-refractivity contribution in [2.45, 2.75) is 18.9 Å². The number of likely N-dealkylation sites (tertiary alicyclic amines) is 1. The molecule has 0 aromatic heterocycles. The fraction of sp³-hybridized carbons (Fsp3) is 0.500. The first kappa shape index (κ1) is 7.98. The van der Waals surface area contributed by atoms with Gasteiger partial charge >= 0.3 is 0 Å². The molecule has 0 unspecified atom stereocenters. The molecule has 1 heterocycles. The molecule has 0 aliphatic carbocycles. The second-order valence-corrected chi connectivity index (χ2v) is 2.55. The van der Waals surface area contributed by atoms with Gasteiger partial charge in [-0.2, -0.15) is 0 Å². The fourth-order valence-electron chi connectivity index (χ4n) is 1.32. The van der Waals surface area contributed by atoms with Gasteiger partial charge in [0.05, 0.1) is 12.6 Å². The van der Waals surface area contributed by atoms with E-state index in [1.54, 1.807) is 11.0 Å². The fourth-order valence-corrected chi connectivity index (χ4v) is 1.32. The summed E-state index contributed by atoms with van der Waals surface area (Å²) in [4.78, 5) is 22.7. The van der Waals surface area contributed by atoms with Crippen LogP contribution >= 0.6 is 0 Å². The molecule has 11 heavy (non-hydrogen) atoms. The predicted molar refractivity (Wildman–Crippen MR) is 41.0 cm³/mol.